The van der Waals surface area contributed by atoms with Crippen LogP contribution in [0.5, 0.6) is 0 Å². The first-order chi connectivity index (χ1) is 8.69. The first-order valence-corrected chi connectivity index (χ1v) is 7.66. The van der Waals surface area contributed by atoms with Gasteiger partial charge in [-0.3, -0.25) is 10.9 Å². The Kier molecular flexibility index (Phi) is 18.9. The molecule has 0 amide bonds. The van der Waals surface area contributed by atoms with E-state index in [9.17, 15) is 0 Å². The molecule has 2 N–H and O–H groups in total. The van der Waals surface area contributed by atoms with Crippen LogP contribution in [0.2, 0.25) is 0 Å². The van der Waals surface area contributed by atoms with Gasteiger partial charge in [-0.1, -0.05) is 41.5 Å². The molecule has 0 radical (unpaired) electrons. The molecule has 0 aromatic carbocycles. The molecule has 0 rings (SSSR count). The summed E-state index contributed by atoms with van der Waals surface area (Å²) < 4.78 is 0. The lowest BCUT2D eigenvalue weighted by atomic mass is 10.5. The fourth-order valence-corrected chi connectivity index (χ4v) is 1.43. The van der Waals surface area contributed by atoms with Crippen molar-refractivity contribution in [2.24, 2.45) is 0 Å². The average molecular weight is 260 g/mol. The second kappa shape index (κ2) is 16.8. The van der Waals surface area contributed by atoms with Gasteiger partial charge in [-0.15, -0.1) is 0 Å². The Hall–Kier alpha value is -0.160. The molecule has 0 aromatic heterocycles. The third-order valence-corrected chi connectivity index (χ3v) is 2.70. The molecule has 0 spiro atoms. The maximum atomic E-state index is 3.30. The summed E-state index contributed by atoms with van der Waals surface area (Å²) in [7, 11) is 0. The molecule has 0 aliphatic carbocycles. The molecule has 0 atom stereocenters. The predicted molar refractivity (Wildman–Crippen MR) is 82.4 cm³/mol. The highest BCUT2D eigenvalue weighted by molar-refractivity contribution is 4.43. The maximum Gasteiger partial charge on any atom is 0.0102 e. The molecule has 0 aliphatic heterocycles. The van der Waals surface area contributed by atoms with Gasteiger partial charge in [0.1, 0.15) is 0 Å². The zero-order valence-electron chi connectivity index (χ0n) is 13.6. The number of nitrogens with zero attached hydrogens (tertiary/aromatic N) is 2. The molecule has 0 saturated carbocycles. The second-order valence-corrected chi connectivity index (χ2v) is 4.16. The van der Waals surface area contributed by atoms with Gasteiger partial charge in [0.15, 0.2) is 0 Å². The molecule has 4 heteroatoms. The highest BCUT2D eigenvalue weighted by Gasteiger charge is 1.93. The van der Waals surface area contributed by atoms with Crippen LogP contribution >= 0.6 is 0 Å². The highest BCUT2D eigenvalue weighted by Crippen LogP contribution is 1.80. The van der Waals surface area contributed by atoms with Crippen LogP contribution in [0.15, 0.2) is 0 Å². The van der Waals surface area contributed by atoms with Crippen molar-refractivity contribution in [1.29, 1.82) is 0 Å². The lowest BCUT2D eigenvalue weighted by Crippen LogP contribution is -2.37. The van der Waals surface area contributed by atoms with E-state index in [-0.39, 0.29) is 0 Å². The maximum absolute atomic E-state index is 3.30. The third kappa shape index (κ3) is 13.9. The van der Waals surface area contributed by atoms with Crippen LogP contribution in [0.4, 0.5) is 0 Å². The topological polar surface area (TPSA) is 30.5 Å². The number of hydrazine groups is 2. The van der Waals surface area contributed by atoms with Crippen LogP contribution in [-0.2, 0) is 0 Å². The van der Waals surface area contributed by atoms with E-state index in [4.69, 9.17) is 0 Å². The largest absolute Gasteiger partial charge is 0.255 e. The van der Waals surface area contributed by atoms with E-state index in [2.05, 4.69) is 62.4 Å². The molecular weight excluding hydrogens is 224 g/mol. The quantitative estimate of drug-likeness (QED) is 0.591. The van der Waals surface area contributed by atoms with Crippen LogP contribution < -0.4 is 10.9 Å². The number of nitrogens with one attached hydrogen (secondary N) is 2. The molecule has 112 valence electrons. The van der Waals surface area contributed by atoms with Crippen molar-refractivity contribution >= 4 is 0 Å². The Morgan fingerprint density at radius 2 is 0.833 bits per heavy atom. The first-order valence-electron chi connectivity index (χ1n) is 7.66. The summed E-state index contributed by atoms with van der Waals surface area (Å²) in [5.74, 6) is 0. The Bertz CT molecular complexity index is 118. The van der Waals surface area contributed by atoms with Gasteiger partial charge >= 0.3 is 0 Å². The molecule has 0 unspecified atom stereocenters. The van der Waals surface area contributed by atoms with Gasteiger partial charge in [-0.25, -0.2) is 10.0 Å². The molecule has 0 fully saturated rings. The van der Waals surface area contributed by atoms with E-state index in [1.807, 2.05) is 0 Å². The van der Waals surface area contributed by atoms with Gasteiger partial charge in [-0.2, -0.15) is 0 Å². The van der Waals surface area contributed by atoms with E-state index in [0.717, 1.165) is 39.3 Å². The van der Waals surface area contributed by atoms with Crippen LogP contribution in [0.3, 0.4) is 0 Å². The van der Waals surface area contributed by atoms with Crippen LogP contribution in [-0.4, -0.2) is 49.3 Å². The van der Waals surface area contributed by atoms with E-state index in [1.54, 1.807) is 0 Å². The fourth-order valence-electron chi connectivity index (χ4n) is 1.43. The normalized spacial score (nSPS) is 10.7. The minimum atomic E-state index is 1.09. The summed E-state index contributed by atoms with van der Waals surface area (Å²) in [6, 6.07) is 0. The monoisotopic (exact) mass is 260 g/mol. The smallest absolute Gasteiger partial charge is 0.0102 e. The Morgan fingerprint density at radius 3 is 1.00 bits per heavy atom. The SMILES string of the molecule is CCCNN(CC)CC.CCCNN(CC)CC. The second-order valence-electron chi connectivity index (χ2n) is 4.16. The number of hydrogen-bond donors (Lipinski definition) is 2. The predicted octanol–water partition coefficient (Wildman–Crippen LogP) is 2.49. The minimum Gasteiger partial charge on any atom is -0.255 e. The van der Waals surface area contributed by atoms with Crippen molar-refractivity contribution in [1.82, 2.24) is 20.9 Å². The number of hydrogen-bond acceptors (Lipinski definition) is 4. The van der Waals surface area contributed by atoms with Crippen molar-refractivity contribution in [3.8, 4) is 0 Å². The molecule has 0 bridgehead atoms. The van der Waals surface area contributed by atoms with Gasteiger partial charge in [0.2, 0.25) is 0 Å². The molecule has 4 nitrogen and oxygen atoms in total. The number of rotatable bonds is 10. The molecular formula is C14H36N4. The van der Waals surface area contributed by atoms with Gasteiger partial charge in [0.05, 0.1) is 0 Å². The zero-order valence-corrected chi connectivity index (χ0v) is 13.6. The summed E-state index contributed by atoms with van der Waals surface area (Å²) >= 11 is 0. The third-order valence-electron chi connectivity index (χ3n) is 2.70. The first kappa shape index (κ1) is 20.2. The van der Waals surface area contributed by atoms with Crippen molar-refractivity contribution in [3.05, 3.63) is 0 Å². The molecule has 0 aromatic rings. The van der Waals surface area contributed by atoms with Gasteiger partial charge in [0.25, 0.3) is 0 Å². The Labute approximate surface area is 115 Å². The molecule has 0 heterocycles. The van der Waals surface area contributed by atoms with Crippen molar-refractivity contribution in [2.45, 2.75) is 54.4 Å². The van der Waals surface area contributed by atoms with Gasteiger partial charge < -0.3 is 0 Å². The summed E-state index contributed by atoms with van der Waals surface area (Å²) in [6.45, 7) is 19.6. The molecule has 0 aliphatic rings. The minimum absolute atomic E-state index is 1.09. The van der Waals surface area contributed by atoms with Gasteiger partial charge in [-0.05, 0) is 12.8 Å². The van der Waals surface area contributed by atoms with Crippen molar-refractivity contribution in [3.63, 3.8) is 0 Å². The Balaban J connectivity index is 0. The standard InChI is InChI=1S/2C7H18N2/c2*1-4-7-8-9(5-2)6-3/h2*8H,4-7H2,1-3H3. The van der Waals surface area contributed by atoms with E-state index < -0.39 is 0 Å². The summed E-state index contributed by atoms with van der Waals surface area (Å²) in [6.07, 6.45) is 2.41. The van der Waals surface area contributed by atoms with Crippen LogP contribution in [0.25, 0.3) is 0 Å². The van der Waals surface area contributed by atoms with E-state index in [1.165, 1.54) is 12.8 Å². The lowest BCUT2D eigenvalue weighted by Gasteiger charge is -2.18. The average Bonchev–Trinajstić information content (AvgIpc) is 2.42. The summed E-state index contributed by atoms with van der Waals surface area (Å²) in [5, 5.41) is 4.42. The Morgan fingerprint density at radius 1 is 0.556 bits per heavy atom. The van der Waals surface area contributed by atoms with Gasteiger partial charge in [0, 0.05) is 39.3 Å². The lowest BCUT2D eigenvalue weighted by molar-refractivity contribution is 0.209. The summed E-state index contributed by atoms with van der Waals surface area (Å²) in [5.41, 5.74) is 6.60. The van der Waals surface area contributed by atoms with E-state index in [0.29, 0.717) is 0 Å². The highest BCUT2D eigenvalue weighted by atomic mass is 15.5. The van der Waals surface area contributed by atoms with Crippen molar-refractivity contribution in [2.75, 3.05) is 39.3 Å². The van der Waals surface area contributed by atoms with Crippen LogP contribution in [0, 0.1) is 0 Å². The molecule has 18 heavy (non-hydrogen) atoms. The zero-order chi connectivity index (χ0) is 14.2. The summed E-state index contributed by atoms with van der Waals surface area (Å²) in [4.78, 5) is 0. The molecule has 0 saturated heterocycles. The van der Waals surface area contributed by atoms with Crippen molar-refractivity contribution < 1.29 is 0 Å². The van der Waals surface area contributed by atoms with Crippen LogP contribution in [0.1, 0.15) is 54.4 Å². The van der Waals surface area contributed by atoms with E-state index >= 15 is 0 Å². The fraction of sp³-hybridized carbons (Fsp3) is 1.00.